The predicted octanol–water partition coefficient (Wildman–Crippen LogP) is 6.69. The number of hydrogen-bond acceptors (Lipinski definition) is 7. The molecule has 2 saturated heterocycles. The van der Waals surface area contributed by atoms with Crippen LogP contribution in [0.15, 0.2) is 40.9 Å². The molecule has 38 heavy (non-hydrogen) atoms. The van der Waals surface area contributed by atoms with E-state index in [0.717, 1.165) is 78.2 Å². The van der Waals surface area contributed by atoms with E-state index >= 15 is 4.39 Å². The fourth-order valence-electron chi connectivity index (χ4n) is 6.34. The topological polar surface area (TPSA) is 88.7 Å². The van der Waals surface area contributed by atoms with E-state index in [4.69, 9.17) is 9.26 Å². The minimum Gasteiger partial charge on any atom is -0.476 e. The van der Waals surface area contributed by atoms with E-state index < -0.39 is 11.8 Å². The van der Waals surface area contributed by atoms with Gasteiger partial charge < -0.3 is 19.3 Å². The highest BCUT2D eigenvalue weighted by atomic mass is 32.1. The molecular formula is C29H28FN3O4S. The maximum Gasteiger partial charge on any atom is 0.356 e. The van der Waals surface area contributed by atoms with Crippen LogP contribution in [0.3, 0.4) is 0 Å². The highest BCUT2D eigenvalue weighted by Gasteiger charge is 2.43. The molecule has 2 aromatic carbocycles. The zero-order chi connectivity index (χ0) is 26.0. The monoisotopic (exact) mass is 533 g/mol. The average molecular weight is 534 g/mol. The molecule has 196 valence electrons. The number of fused-ring (bicyclic) bond motifs is 3. The van der Waals surface area contributed by atoms with Crippen molar-refractivity contribution >= 4 is 33.3 Å². The fraction of sp³-hybridized carbons (Fsp3) is 0.414. The van der Waals surface area contributed by atoms with Crippen molar-refractivity contribution in [1.82, 2.24) is 9.53 Å². The minimum atomic E-state index is -1.13. The molecule has 2 unspecified atom stereocenters. The third kappa shape index (κ3) is 3.99. The molecule has 3 fully saturated rings. The molecule has 4 heterocycles. The van der Waals surface area contributed by atoms with Crippen molar-refractivity contribution in [3.8, 4) is 11.3 Å². The Kier molecular flexibility index (Phi) is 5.74. The van der Waals surface area contributed by atoms with Crippen molar-refractivity contribution < 1.29 is 23.6 Å². The van der Waals surface area contributed by atoms with Crippen molar-refractivity contribution in [3.63, 3.8) is 0 Å². The second kappa shape index (κ2) is 9.17. The van der Waals surface area contributed by atoms with Gasteiger partial charge >= 0.3 is 5.97 Å². The van der Waals surface area contributed by atoms with Gasteiger partial charge in [0, 0.05) is 34.5 Å². The average Bonchev–Trinajstić information content (AvgIpc) is 3.44. The number of ether oxygens (including phenoxy) is 1. The van der Waals surface area contributed by atoms with Gasteiger partial charge in [-0.25, -0.2) is 9.18 Å². The van der Waals surface area contributed by atoms with Gasteiger partial charge in [-0.2, -0.15) is 4.37 Å². The second-order valence-electron chi connectivity index (χ2n) is 10.8. The molecule has 2 aliphatic heterocycles. The van der Waals surface area contributed by atoms with Crippen molar-refractivity contribution in [2.24, 2.45) is 0 Å². The molecule has 0 radical (unpaired) electrons. The summed E-state index contributed by atoms with van der Waals surface area (Å²) in [6.07, 6.45) is 5.94. The van der Waals surface area contributed by atoms with Gasteiger partial charge in [0.15, 0.2) is 5.69 Å². The number of anilines is 1. The molecule has 2 bridgehead atoms. The number of nitrogens with zero attached hydrogens (tertiary/aromatic N) is 3. The van der Waals surface area contributed by atoms with Gasteiger partial charge in [0.25, 0.3) is 0 Å². The van der Waals surface area contributed by atoms with Crippen LogP contribution >= 0.6 is 11.5 Å². The van der Waals surface area contributed by atoms with Crippen LogP contribution in [-0.4, -0.2) is 38.8 Å². The molecule has 2 aromatic heterocycles. The maximum atomic E-state index is 15.3. The molecule has 1 N–H and O–H groups in total. The van der Waals surface area contributed by atoms with Gasteiger partial charge in [0.05, 0.1) is 23.1 Å². The largest absolute Gasteiger partial charge is 0.476 e. The summed E-state index contributed by atoms with van der Waals surface area (Å²) in [4.78, 5) is 13.6. The molecule has 3 atom stereocenters. The van der Waals surface area contributed by atoms with Crippen molar-refractivity contribution in [2.45, 2.75) is 76.2 Å². The molecule has 7 nitrogen and oxygen atoms in total. The summed E-state index contributed by atoms with van der Waals surface area (Å²) in [5, 5.41) is 14.2. The Hall–Kier alpha value is -3.30. The normalized spacial score (nSPS) is 22.9. The van der Waals surface area contributed by atoms with Gasteiger partial charge in [0.2, 0.25) is 0 Å². The van der Waals surface area contributed by atoms with Gasteiger partial charge in [-0.15, -0.1) is 0 Å². The standard InChI is InChI=1S/C29H28FN3O4S/c1-15-4-2-3-5-20(15)26-22(28(37-31-26)16-6-7-16)14-36-19-10-17-8-9-18(11-19)33(17)24-13-25-21(12-23(24)30)27(29(34)35)32-38-25/h2-5,12-13,16-19H,6-11,14H2,1H3,(H,34,35)/t17-,18?,19?/m0/s1. The van der Waals surface area contributed by atoms with E-state index in [1.54, 1.807) is 6.07 Å². The van der Waals surface area contributed by atoms with E-state index in [-0.39, 0.29) is 23.9 Å². The zero-order valence-corrected chi connectivity index (χ0v) is 21.8. The number of hydrogen-bond donors (Lipinski definition) is 1. The smallest absolute Gasteiger partial charge is 0.356 e. The Morgan fingerprint density at radius 2 is 1.95 bits per heavy atom. The summed E-state index contributed by atoms with van der Waals surface area (Å²) in [6, 6.07) is 11.7. The number of halogens is 1. The first-order valence-electron chi connectivity index (χ1n) is 13.2. The summed E-state index contributed by atoms with van der Waals surface area (Å²) in [7, 11) is 0. The van der Waals surface area contributed by atoms with Crippen LogP contribution in [-0.2, 0) is 11.3 Å². The lowest BCUT2D eigenvalue weighted by molar-refractivity contribution is 0.0146. The molecule has 7 rings (SSSR count). The summed E-state index contributed by atoms with van der Waals surface area (Å²) in [5.74, 6) is -0.130. The number of carboxylic acids is 1. The molecular weight excluding hydrogens is 505 g/mol. The van der Waals surface area contributed by atoms with Gasteiger partial charge in [0.1, 0.15) is 17.3 Å². The molecule has 0 amide bonds. The number of benzene rings is 2. The number of carboxylic acid groups (broad SMARTS) is 1. The van der Waals surface area contributed by atoms with Gasteiger partial charge in [-0.3, -0.25) is 0 Å². The number of aromatic carboxylic acids is 1. The highest BCUT2D eigenvalue weighted by molar-refractivity contribution is 7.13. The van der Waals surface area contributed by atoms with Crippen LogP contribution in [0.25, 0.3) is 21.3 Å². The van der Waals surface area contributed by atoms with Crippen LogP contribution in [0.5, 0.6) is 0 Å². The van der Waals surface area contributed by atoms with Gasteiger partial charge in [-0.05, 0) is 74.7 Å². The first-order valence-corrected chi connectivity index (χ1v) is 14.0. The Bertz CT molecular complexity index is 1530. The highest BCUT2D eigenvalue weighted by Crippen LogP contribution is 2.46. The summed E-state index contributed by atoms with van der Waals surface area (Å²) < 4.78 is 32.4. The summed E-state index contributed by atoms with van der Waals surface area (Å²) in [6.45, 7) is 2.55. The van der Waals surface area contributed by atoms with E-state index in [1.807, 2.05) is 12.1 Å². The zero-order valence-electron chi connectivity index (χ0n) is 21.0. The SMILES string of the molecule is Cc1ccccc1-c1noc(C2CC2)c1COC1CC2CC[C@@H](C1)N2c1cc2snc(C(=O)O)c2cc1F. The van der Waals surface area contributed by atoms with Crippen molar-refractivity contribution in [1.29, 1.82) is 0 Å². The third-order valence-electron chi connectivity index (χ3n) is 8.34. The van der Waals surface area contributed by atoms with Crippen LogP contribution < -0.4 is 4.90 Å². The number of piperidine rings is 1. The van der Waals surface area contributed by atoms with Crippen molar-refractivity contribution in [2.75, 3.05) is 4.90 Å². The molecule has 1 aliphatic carbocycles. The molecule has 4 aromatic rings. The third-order valence-corrected chi connectivity index (χ3v) is 9.15. The lowest BCUT2D eigenvalue weighted by atomic mass is 9.97. The van der Waals surface area contributed by atoms with Crippen LogP contribution in [0.2, 0.25) is 0 Å². The Labute approximate surface area is 223 Å². The number of aromatic nitrogens is 2. The van der Waals surface area contributed by atoms with Crippen molar-refractivity contribution in [3.05, 3.63) is 64.8 Å². The predicted molar refractivity (Wildman–Crippen MR) is 142 cm³/mol. The molecule has 3 aliphatic rings. The van der Waals surface area contributed by atoms with E-state index in [2.05, 4.69) is 33.5 Å². The lowest BCUT2D eigenvalue weighted by Crippen LogP contribution is -2.46. The summed E-state index contributed by atoms with van der Waals surface area (Å²) in [5.41, 5.74) is 4.64. The quantitative estimate of drug-likeness (QED) is 0.283. The van der Waals surface area contributed by atoms with E-state index in [9.17, 15) is 9.90 Å². The summed E-state index contributed by atoms with van der Waals surface area (Å²) >= 11 is 1.10. The molecule has 9 heteroatoms. The molecule has 1 saturated carbocycles. The van der Waals surface area contributed by atoms with E-state index in [1.165, 1.54) is 6.07 Å². The Morgan fingerprint density at radius 3 is 2.66 bits per heavy atom. The molecule has 0 spiro atoms. The Balaban J connectivity index is 1.11. The Morgan fingerprint density at radius 1 is 1.18 bits per heavy atom. The maximum absolute atomic E-state index is 15.3. The van der Waals surface area contributed by atoms with Crippen LogP contribution in [0.1, 0.15) is 71.8 Å². The van der Waals surface area contributed by atoms with Crippen LogP contribution in [0, 0.1) is 12.7 Å². The first kappa shape index (κ1) is 23.8. The lowest BCUT2D eigenvalue weighted by Gasteiger charge is -2.40. The van der Waals surface area contributed by atoms with Crippen LogP contribution in [0.4, 0.5) is 10.1 Å². The number of rotatable bonds is 7. The first-order chi connectivity index (χ1) is 18.5. The van der Waals surface area contributed by atoms with Gasteiger partial charge in [-0.1, -0.05) is 29.4 Å². The fourth-order valence-corrected chi connectivity index (χ4v) is 7.12. The second-order valence-corrected chi connectivity index (χ2v) is 11.6. The number of carbonyl (C=O) groups is 1. The minimum absolute atomic E-state index is 0.0734. The van der Waals surface area contributed by atoms with E-state index in [0.29, 0.717) is 28.3 Å². The number of aryl methyl sites for hydroxylation is 1.